The van der Waals surface area contributed by atoms with E-state index in [1.54, 1.807) is 13.2 Å². The van der Waals surface area contributed by atoms with E-state index in [2.05, 4.69) is 6.92 Å². The van der Waals surface area contributed by atoms with E-state index in [4.69, 9.17) is 9.47 Å². The van der Waals surface area contributed by atoms with Gasteiger partial charge >= 0.3 is 0 Å². The van der Waals surface area contributed by atoms with Crippen LogP contribution in [0.5, 0.6) is 11.5 Å². The molecule has 0 aliphatic heterocycles. The van der Waals surface area contributed by atoms with E-state index in [0.29, 0.717) is 23.7 Å². The average Bonchev–Trinajstić information content (AvgIpc) is 2.52. The van der Waals surface area contributed by atoms with Gasteiger partial charge in [-0.15, -0.1) is 0 Å². The summed E-state index contributed by atoms with van der Waals surface area (Å²) < 4.78 is 11.2. The topological polar surface area (TPSA) is 35.5 Å². The van der Waals surface area contributed by atoms with Crippen LogP contribution in [0.3, 0.4) is 0 Å². The van der Waals surface area contributed by atoms with Crippen molar-refractivity contribution in [3.63, 3.8) is 0 Å². The first-order valence-corrected chi connectivity index (χ1v) is 6.65. The van der Waals surface area contributed by atoms with Crippen molar-refractivity contribution in [2.45, 2.75) is 13.3 Å². The van der Waals surface area contributed by atoms with Crippen LogP contribution in [0.25, 0.3) is 11.1 Å². The quantitative estimate of drug-likeness (QED) is 0.745. The van der Waals surface area contributed by atoms with E-state index < -0.39 is 0 Å². The van der Waals surface area contributed by atoms with Crippen LogP contribution in [-0.2, 0) is 0 Å². The zero-order valence-corrected chi connectivity index (χ0v) is 11.8. The molecule has 104 valence electrons. The van der Waals surface area contributed by atoms with Gasteiger partial charge < -0.3 is 9.47 Å². The van der Waals surface area contributed by atoms with Crippen molar-refractivity contribution < 1.29 is 14.3 Å². The zero-order chi connectivity index (χ0) is 14.4. The highest BCUT2D eigenvalue weighted by Crippen LogP contribution is 2.39. The van der Waals surface area contributed by atoms with E-state index in [1.807, 2.05) is 36.4 Å². The van der Waals surface area contributed by atoms with Crippen LogP contribution in [0.2, 0.25) is 0 Å². The molecule has 0 heterocycles. The molecular formula is C17H18O3. The molecule has 3 nitrogen and oxygen atoms in total. The first-order chi connectivity index (χ1) is 9.80. The van der Waals surface area contributed by atoms with Gasteiger partial charge in [-0.25, -0.2) is 0 Å². The number of carbonyl (C=O) groups excluding carboxylic acids is 1. The van der Waals surface area contributed by atoms with Crippen LogP contribution >= 0.6 is 0 Å². The van der Waals surface area contributed by atoms with Gasteiger partial charge in [0.05, 0.1) is 13.7 Å². The van der Waals surface area contributed by atoms with Gasteiger partial charge in [0, 0.05) is 11.1 Å². The summed E-state index contributed by atoms with van der Waals surface area (Å²) in [7, 11) is 1.58. The second kappa shape index (κ2) is 6.75. The lowest BCUT2D eigenvalue weighted by Gasteiger charge is -2.15. The van der Waals surface area contributed by atoms with Gasteiger partial charge in [0.15, 0.2) is 11.5 Å². The highest BCUT2D eigenvalue weighted by Gasteiger charge is 2.14. The van der Waals surface area contributed by atoms with Gasteiger partial charge in [-0.2, -0.15) is 0 Å². The molecule has 0 radical (unpaired) electrons. The molecule has 0 saturated heterocycles. The van der Waals surface area contributed by atoms with Gasteiger partial charge in [0.1, 0.15) is 6.29 Å². The fourth-order valence-electron chi connectivity index (χ4n) is 2.03. The molecule has 2 rings (SSSR count). The summed E-state index contributed by atoms with van der Waals surface area (Å²) in [5.74, 6) is 1.27. The Labute approximate surface area is 119 Å². The van der Waals surface area contributed by atoms with Gasteiger partial charge in [0.25, 0.3) is 0 Å². The van der Waals surface area contributed by atoms with E-state index in [0.717, 1.165) is 23.8 Å². The molecule has 3 heteroatoms. The molecular weight excluding hydrogens is 252 g/mol. The van der Waals surface area contributed by atoms with E-state index in [9.17, 15) is 4.79 Å². The number of ether oxygens (including phenoxy) is 2. The van der Waals surface area contributed by atoms with Gasteiger partial charge in [-0.1, -0.05) is 37.3 Å². The summed E-state index contributed by atoms with van der Waals surface area (Å²) in [6, 6.07) is 13.4. The summed E-state index contributed by atoms with van der Waals surface area (Å²) in [6.07, 6.45) is 1.73. The Bertz CT molecular complexity index is 576. The Morgan fingerprint density at radius 2 is 1.90 bits per heavy atom. The van der Waals surface area contributed by atoms with Crippen molar-refractivity contribution in [1.82, 2.24) is 0 Å². The van der Waals surface area contributed by atoms with Crippen LogP contribution in [0.15, 0.2) is 42.5 Å². The number of methoxy groups -OCH3 is 1. The highest BCUT2D eigenvalue weighted by molar-refractivity contribution is 5.84. The fraction of sp³-hybridized carbons (Fsp3) is 0.235. The molecule has 0 aromatic heterocycles. The maximum absolute atomic E-state index is 11.1. The Hall–Kier alpha value is -2.29. The minimum absolute atomic E-state index is 0.574. The largest absolute Gasteiger partial charge is 0.493 e. The normalized spacial score (nSPS) is 10.1. The zero-order valence-electron chi connectivity index (χ0n) is 11.8. The average molecular weight is 270 g/mol. The second-order valence-corrected chi connectivity index (χ2v) is 4.43. The highest BCUT2D eigenvalue weighted by atomic mass is 16.5. The summed E-state index contributed by atoms with van der Waals surface area (Å²) in [5.41, 5.74) is 2.45. The van der Waals surface area contributed by atoms with Crippen molar-refractivity contribution in [2.24, 2.45) is 0 Å². The lowest BCUT2D eigenvalue weighted by Crippen LogP contribution is -2.01. The molecule has 0 N–H and O–H groups in total. The molecule has 0 aliphatic rings. The Morgan fingerprint density at radius 1 is 1.15 bits per heavy atom. The number of aldehydes is 1. The third kappa shape index (κ3) is 2.99. The molecule has 0 spiro atoms. The molecule has 0 saturated carbocycles. The first kappa shape index (κ1) is 14.1. The third-order valence-electron chi connectivity index (χ3n) is 2.97. The SMILES string of the molecule is CCCOc1c(OC)cc(C=O)cc1-c1ccccc1. The Morgan fingerprint density at radius 3 is 2.50 bits per heavy atom. The number of benzene rings is 2. The molecule has 0 atom stereocenters. The molecule has 2 aromatic rings. The first-order valence-electron chi connectivity index (χ1n) is 6.65. The van der Waals surface area contributed by atoms with Crippen molar-refractivity contribution in [3.8, 4) is 22.6 Å². The smallest absolute Gasteiger partial charge is 0.168 e. The minimum Gasteiger partial charge on any atom is -0.493 e. The summed E-state index contributed by atoms with van der Waals surface area (Å²) in [6.45, 7) is 2.66. The molecule has 0 amide bonds. The van der Waals surface area contributed by atoms with Gasteiger partial charge in [0.2, 0.25) is 0 Å². The van der Waals surface area contributed by atoms with Gasteiger partial charge in [-0.05, 0) is 24.1 Å². The summed E-state index contributed by atoms with van der Waals surface area (Å²) in [4.78, 5) is 11.1. The van der Waals surface area contributed by atoms with E-state index >= 15 is 0 Å². The summed E-state index contributed by atoms with van der Waals surface area (Å²) >= 11 is 0. The number of hydrogen-bond acceptors (Lipinski definition) is 3. The Kier molecular flexibility index (Phi) is 4.77. The van der Waals surface area contributed by atoms with Crippen LogP contribution < -0.4 is 9.47 Å². The predicted octanol–water partition coefficient (Wildman–Crippen LogP) is 3.96. The maximum Gasteiger partial charge on any atom is 0.168 e. The lowest BCUT2D eigenvalue weighted by atomic mass is 10.0. The maximum atomic E-state index is 11.1. The molecule has 0 bridgehead atoms. The van der Waals surface area contributed by atoms with E-state index in [1.165, 1.54) is 0 Å². The number of rotatable bonds is 6. The molecule has 0 unspecified atom stereocenters. The molecule has 0 fully saturated rings. The minimum atomic E-state index is 0.574. The van der Waals surface area contributed by atoms with Crippen LogP contribution in [0.4, 0.5) is 0 Å². The molecule has 2 aromatic carbocycles. The van der Waals surface area contributed by atoms with Crippen molar-refractivity contribution in [1.29, 1.82) is 0 Å². The van der Waals surface area contributed by atoms with Crippen molar-refractivity contribution in [3.05, 3.63) is 48.0 Å². The number of carbonyl (C=O) groups is 1. The number of hydrogen-bond donors (Lipinski definition) is 0. The third-order valence-corrected chi connectivity index (χ3v) is 2.97. The Balaban J connectivity index is 2.58. The van der Waals surface area contributed by atoms with Crippen LogP contribution in [0.1, 0.15) is 23.7 Å². The monoisotopic (exact) mass is 270 g/mol. The van der Waals surface area contributed by atoms with E-state index in [-0.39, 0.29) is 0 Å². The van der Waals surface area contributed by atoms with Crippen molar-refractivity contribution in [2.75, 3.05) is 13.7 Å². The van der Waals surface area contributed by atoms with Crippen LogP contribution in [0, 0.1) is 0 Å². The predicted molar refractivity (Wildman–Crippen MR) is 79.6 cm³/mol. The molecule has 20 heavy (non-hydrogen) atoms. The summed E-state index contributed by atoms with van der Waals surface area (Å²) in [5, 5.41) is 0. The standard InChI is InChI=1S/C17H18O3/c1-3-9-20-17-15(14-7-5-4-6-8-14)10-13(12-18)11-16(17)19-2/h4-8,10-12H,3,9H2,1-2H3. The second-order valence-electron chi connectivity index (χ2n) is 4.43. The fourth-order valence-corrected chi connectivity index (χ4v) is 2.03. The lowest BCUT2D eigenvalue weighted by molar-refractivity contribution is 0.112. The molecule has 0 aliphatic carbocycles. The van der Waals surface area contributed by atoms with Gasteiger partial charge in [-0.3, -0.25) is 4.79 Å². The van der Waals surface area contributed by atoms with Crippen LogP contribution in [-0.4, -0.2) is 20.0 Å². The van der Waals surface area contributed by atoms with Crippen molar-refractivity contribution >= 4 is 6.29 Å².